The van der Waals surface area contributed by atoms with Gasteiger partial charge in [-0.15, -0.1) is 11.8 Å². The minimum absolute atomic E-state index is 0.0412. The number of carbonyl (C=O) groups is 1. The summed E-state index contributed by atoms with van der Waals surface area (Å²) in [5.41, 5.74) is 2.80. The monoisotopic (exact) mass is 409 g/mol. The van der Waals surface area contributed by atoms with Gasteiger partial charge in [-0.05, 0) is 41.8 Å². The van der Waals surface area contributed by atoms with E-state index in [9.17, 15) is 19.3 Å². The van der Waals surface area contributed by atoms with E-state index in [0.29, 0.717) is 35.0 Å². The van der Waals surface area contributed by atoms with Crippen molar-refractivity contribution in [2.45, 2.75) is 17.2 Å². The molecule has 0 unspecified atom stereocenters. The van der Waals surface area contributed by atoms with E-state index in [1.54, 1.807) is 41.4 Å². The van der Waals surface area contributed by atoms with Crippen molar-refractivity contribution < 1.29 is 14.1 Å². The molecule has 0 saturated heterocycles. The highest BCUT2D eigenvalue weighted by Crippen LogP contribution is 2.34. The van der Waals surface area contributed by atoms with Gasteiger partial charge in [0.2, 0.25) is 0 Å². The fraction of sp³-hybridized carbons (Fsp3) is 0.143. The normalized spacial score (nSPS) is 12.7. The van der Waals surface area contributed by atoms with Crippen LogP contribution in [0.5, 0.6) is 0 Å². The zero-order valence-corrected chi connectivity index (χ0v) is 16.1. The second kappa shape index (κ2) is 8.00. The van der Waals surface area contributed by atoms with E-state index in [1.165, 1.54) is 36.0 Å². The van der Waals surface area contributed by atoms with Crippen LogP contribution in [0.2, 0.25) is 0 Å². The van der Waals surface area contributed by atoms with E-state index in [1.807, 2.05) is 0 Å². The van der Waals surface area contributed by atoms with Crippen molar-refractivity contribution >= 4 is 29.0 Å². The number of hydrogen-bond acceptors (Lipinski definition) is 5. The molecule has 3 aromatic rings. The third-order valence-electron chi connectivity index (χ3n) is 4.71. The molecule has 1 aromatic heterocycles. The molecule has 1 aliphatic rings. The zero-order chi connectivity index (χ0) is 20.4. The van der Waals surface area contributed by atoms with Crippen molar-refractivity contribution in [2.24, 2.45) is 0 Å². The lowest BCUT2D eigenvalue weighted by molar-refractivity contribution is -0.384. The minimum atomic E-state index is -0.463. The van der Waals surface area contributed by atoms with Gasteiger partial charge in [0.15, 0.2) is 0 Å². The Labute approximate surface area is 170 Å². The first-order valence-corrected chi connectivity index (χ1v) is 9.93. The number of anilines is 1. The summed E-state index contributed by atoms with van der Waals surface area (Å²) in [6, 6.07) is 14.2. The number of non-ortho nitro benzene ring substituents is 1. The van der Waals surface area contributed by atoms with E-state index in [2.05, 4.69) is 4.98 Å². The largest absolute Gasteiger partial charge is 0.307 e. The number of thioether (sulfide) groups is 1. The van der Waals surface area contributed by atoms with Gasteiger partial charge in [-0.2, -0.15) is 0 Å². The third-order valence-corrected chi connectivity index (χ3v) is 5.79. The number of pyridine rings is 1. The molecule has 0 atom stereocenters. The number of carbonyl (C=O) groups excluding carboxylic acids is 1. The van der Waals surface area contributed by atoms with Gasteiger partial charge in [0, 0.05) is 30.6 Å². The Morgan fingerprint density at radius 2 is 2.00 bits per heavy atom. The second-order valence-electron chi connectivity index (χ2n) is 6.55. The minimum Gasteiger partial charge on any atom is -0.307 e. The van der Waals surface area contributed by atoms with Gasteiger partial charge in [-0.1, -0.05) is 18.2 Å². The molecule has 8 heteroatoms. The van der Waals surface area contributed by atoms with E-state index in [4.69, 9.17) is 0 Å². The average Bonchev–Trinajstić information content (AvgIpc) is 3.16. The summed E-state index contributed by atoms with van der Waals surface area (Å²) >= 11 is 1.39. The molecule has 0 saturated carbocycles. The number of amides is 1. The van der Waals surface area contributed by atoms with Crippen LogP contribution < -0.4 is 4.90 Å². The predicted octanol–water partition coefficient (Wildman–Crippen LogP) is 4.62. The third kappa shape index (κ3) is 3.97. The molecule has 0 radical (unpaired) electrons. The van der Waals surface area contributed by atoms with Crippen molar-refractivity contribution in [1.29, 1.82) is 0 Å². The predicted molar refractivity (Wildman–Crippen MR) is 109 cm³/mol. The highest BCUT2D eigenvalue weighted by Gasteiger charge is 2.29. The van der Waals surface area contributed by atoms with Gasteiger partial charge < -0.3 is 4.90 Å². The van der Waals surface area contributed by atoms with Crippen LogP contribution in [0.1, 0.15) is 21.5 Å². The lowest BCUT2D eigenvalue weighted by Crippen LogP contribution is -2.29. The van der Waals surface area contributed by atoms with Crippen molar-refractivity contribution in [3.63, 3.8) is 0 Å². The Morgan fingerprint density at radius 3 is 2.76 bits per heavy atom. The molecule has 0 aliphatic carbocycles. The quantitative estimate of drug-likeness (QED) is 0.349. The molecule has 1 aliphatic heterocycles. The van der Waals surface area contributed by atoms with Crippen molar-refractivity contribution in [3.8, 4) is 0 Å². The Kier molecular flexibility index (Phi) is 5.26. The summed E-state index contributed by atoms with van der Waals surface area (Å²) in [6.45, 7) is 0.465. The van der Waals surface area contributed by atoms with Crippen LogP contribution in [0.4, 0.5) is 15.8 Å². The Bertz CT molecular complexity index is 1090. The van der Waals surface area contributed by atoms with Crippen LogP contribution in [0, 0.1) is 15.9 Å². The molecule has 2 aromatic carbocycles. The molecule has 0 bridgehead atoms. The number of nitro benzene ring substituents is 1. The number of fused-ring (bicyclic) bond motifs is 1. The zero-order valence-electron chi connectivity index (χ0n) is 15.2. The molecule has 1 amide bonds. The Hall–Kier alpha value is -3.26. The van der Waals surface area contributed by atoms with Crippen LogP contribution in [-0.4, -0.2) is 22.4 Å². The fourth-order valence-corrected chi connectivity index (χ4v) is 4.18. The summed E-state index contributed by atoms with van der Waals surface area (Å²) in [5, 5.41) is 11.7. The van der Waals surface area contributed by atoms with Gasteiger partial charge in [0.25, 0.3) is 11.6 Å². The van der Waals surface area contributed by atoms with Gasteiger partial charge in [0.1, 0.15) is 10.8 Å². The summed E-state index contributed by atoms with van der Waals surface area (Å²) in [7, 11) is 0. The van der Waals surface area contributed by atoms with E-state index < -0.39 is 4.92 Å². The maximum atomic E-state index is 13.2. The van der Waals surface area contributed by atoms with Crippen LogP contribution in [-0.2, 0) is 12.2 Å². The second-order valence-corrected chi connectivity index (χ2v) is 7.51. The molecule has 0 N–H and O–H groups in total. The number of halogens is 1. The number of aromatic nitrogens is 1. The molecule has 4 rings (SSSR count). The van der Waals surface area contributed by atoms with Crippen LogP contribution >= 0.6 is 11.8 Å². The van der Waals surface area contributed by atoms with E-state index in [0.717, 1.165) is 11.1 Å². The number of benzene rings is 2. The topological polar surface area (TPSA) is 76.3 Å². The van der Waals surface area contributed by atoms with Crippen LogP contribution in [0.25, 0.3) is 0 Å². The molecule has 146 valence electrons. The highest BCUT2D eigenvalue weighted by molar-refractivity contribution is 7.98. The first-order valence-electron chi connectivity index (χ1n) is 8.94. The van der Waals surface area contributed by atoms with Crippen LogP contribution in [0.3, 0.4) is 0 Å². The number of nitro groups is 1. The Balaban J connectivity index is 1.58. The standard InChI is InChI=1S/C21H16FN3O3S/c22-16-6-3-14(4-7-16)13-29-20-18(2-1-10-23-20)21(26)24-11-9-15-5-8-17(25(27)28)12-19(15)24/h1-8,10,12H,9,11,13H2. The summed E-state index contributed by atoms with van der Waals surface area (Å²) in [6.07, 6.45) is 2.27. The van der Waals surface area contributed by atoms with Crippen molar-refractivity contribution in [3.05, 3.63) is 93.4 Å². The lowest BCUT2D eigenvalue weighted by Gasteiger charge is -2.18. The van der Waals surface area contributed by atoms with E-state index in [-0.39, 0.29) is 17.4 Å². The summed E-state index contributed by atoms with van der Waals surface area (Å²) in [4.78, 5) is 29.8. The van der Waals surface area contributed by atoms with Crippen molar-refractivity contribution in [2.75, 3.05) is 11.4 Å². The molecule has 29 heavy (non-hydrogen) atoms. The first kappa shape index (κ1) is 19.1. The number of nitrogens with zero attached hydrogens (tertiary/aromatic N) is 3. The summed E-state index contributed by atoms with van der Waals surface area (Å²) < 4.78 is 13.1. The molecule has 6 nitrogen and oxygen atoms in total. The molecule has 0 fully saturated rings. The summed E-state index contributed by atoms with van der Waals surface area (Å²) in [5.74, 6) is 0.00723. The number of rotatable bonds is 5. The van der Waals surface area contributed by atoms with Gasteiger partial charge in [-0.3, -0.25) is 14.9 Å². The highest BCUT2D eigenvalue weighted by atomic mass is 32.2. The van der Waals surface area contributed by atoms with Crippen molar-refractivity contribution in [1.82, 2.24) is 4.98 Å². The van der Waals surface area contributed by atoms with Gasteiger partial charge in [-0.25, -0.2) is 9.37 Å². The van der Waals surface area contributed by atoms with Crippen LogP contribution in [0.15, 0.2) is 65.8 Å². The molecular formula is C21H16FN3O3S. The smallest absolute Gasteiger partial charge is 0.271 e. The lowest BCUT2D eigenvalue weighted by atomic mass is 10.1. The molecular weight excluding hydrogens is 393 g/mol. The average molecular weight is 409 g/mol. The maximum absolute atomic E-state index is 13.2. The first-order chi connectivity index (χ1) is 14.0. The molecule has 2 heterocycles. The van der Waals surface area contributed by atoms with E-state index >= 15 is 0 Å². The van der Waals surface area contributed by atoms with Gasteiger partial charge >= 0.3 is 0 Å². The Morgan fingerprint density at radius 1 is 1.21 bits per heavy atom. The van der Waals surface area contributed by atoms with Gasteiger partial charge in [0.05, 0.1) is 16.2 Å². The maximum Gasteiger partial charge on any atom is 0.271 e. The fourth-order valence-electron chi connectivity index (χ4n) is 3.24. The molecule has 0 spiro atoms. The number of hydrogen-bond donors (Lipinski definition) is 0. The SMILES string of the molecule is O=C(c1cccnc1SCc1ccc(F)cc1)N1CCc2ccc([N+](=O)[O-])cc21.